The van der Waals surface area contributed by atoms with Gasteiger partial charge >= 0.3 is 0 Å². The first-order valence-electron chi connectivity index (χ1n) is 6.49. The van der Waals surface area contributed by atoms with Crippen molar-refractivity contribution in [3.05, 3.63) is 18.2 Å². The van der Waals surface area contributed by atoms with Crippen LogP contribution in [0.2, 0.25) is 0 Å². The van der Waals surface area contributed by atoms with E-state index in [1.165, 1.54) is 18.7 Å². The summed E-state index contributed by atoms with van der Waals surface area (Å²) in [7, 11) is 0. The number of nitrogens with zero attached hydrogens (tertiary/aromatic N) is 2. The molecule has 3 nitrogen and oxygen atoms in total. The second kappa shape index (κ2) is 5.48. The molecule has 1 aromatic rings. The number of aryl methyl sites for hydroxylation is 2. The fourth-order valence-electron chi connectivity index (χ4n) is 2.65. The predicted octanol–water partition coefficient (Wildman–Crippen LogP) is 2.39. The SMILES string of the molecule is CCCc1nccn1CCC1CCCC1O. The van der Waals surface area contributed by atoms with Gasteiger partial charge in [-0.3, -0.25) is 0 Å². The summed E-state index contributed by atoms with van der Waals surface area (Å²) in [6.45, 7) is 3.19. The van der Waals surface area contributed by atoms with Gasteiger partial charge in [0.25, 0.3) is 0 Å². The molecular weight excluding hydrogens is 200 g/mol. The summed E-state index contributed by atoms with van der Waals surface area (Å²) in [5, 5.41) is 9.77. The number of aliphatic hydroxyl groups excluding tert-OH is 1. The van der Waals surface area contributed by atoms with Crippen LogP contribution in [0.1, 0.15) is 44.9 Å². The van der Waals surface area contributed by atoms with Gasteiger partial charge in [0.15, 0.2) is 0 Å². The lowest BCUT2D eigenvalue weighted by atomic mass is 10.0. The smallest absolute Gasteiger partial charge is 0.108 e. The van der Waals surface area contributed by atoms with E-state index in [0.29, 0.717) is 5.92 Å². The van der Waals surface area contributed by atoms with Crippen molar-refractivity contribution in [1.82, 2.24) is 9.55 Å². The van der Waals surface area contributed by atoms with Crippen molar-refractivity contribution < 1.29 is 5.11 Å². The molecular formula is C13H22N2O. The van der Waals surface area contributed by atoms with E-state index in [9.17, 15) is 5.11 Å². The van der Waals surface area contributed by atoms with Gasteiger partial charge in [-0.25, -0.2) is 4.98 Å². The number of hydrogen-bond donors (Lipinski definition) is 1. The first kappa shape index (κ1) is 11.6. The molecule has 0 bridgehead atoms. The van der Waals surface area contributed by atoms with Crippen LogP contribution < -0.4 is 0 Å². The molecule has 2 unspecified atom stereocenters. The summed E-state index contributed by atoms with van der Waals surface area (Å²) in [5.41, 5.74) is 0. The van der Waals surface area contributed by atoms with E-state index in [2.05, 4.69) is 22.7 Å². The van der Waals surface area contributed by atoms with Gasteiger partial charge in [0, 0.05) is 25.4 Å². The number of aromatic nitrogens is 2. The molecule has 1 aliphatic rings. The van der Waals surface area contributed by atoms with Crippen LogP contribution in [0.5, 0.6) is 0 Å². The third-order valence-corrected chi connectivity index (χ3v) is 3.64. The number of aliphatic hydroxyl groups is 1. The summed E-state index contributed by atoms with van der Waals surface area (Å²) in [6, 6.07) is 0. The molecule has 0 aromatic carbocycles. The van der Waals surface area contributed by atoms with Crippen LogP contribution in [0.3, 0.4) is 0 Å². The Morgan fingerprint density at radius 3 is 3.06 bits per heavy atom. The predicted molar refractivity (Wildman–Crippen MR) is 64.2 cm³/mol. The molecule has 90 valence electrons. The van der Waals surface area contributed by atoms with Crippen LogP contribution in [0.4, 0.5) is 0 Å². The standard InChI is InChI=1S/C13H22N2O/c1-2-4-13-14-8-10-15(13)9-7-11-5-3-6-12(11)16/h8,10-12,16H,2-7,9H2,1H3. The van der Waals surface area contributed by atoms with Gasteiger partial charge in [0.1, 0.15) is 5.82 Å². The molecule has 2 atom stereocenters. The van der Waals surface area contributed by atoms with Crippen molar-refractivity contribution in [2.24, 2.45) is 5.92 Å². The van der Waals surface area contributed by atoms with Crippen LogP contribution in [0.15, 0.2) is 12.4 Å². The normalized spacial score (nSPS) is 25.1. The first-order valence-corrected chi connectivity index (χ1v) is 6.49. The molecule has 2 rings (SSSR count). The Balaban J connectivity index is 1.86. The van der Waals surface area contributed by atoms with Crippen molar-refractivity contribution >= 4 is 0 Å². The average molecular weight is 222 g/mol. The summed E-state index contributed by atoms with van der Waals surface area (Å²) in [4.78, 5) is 4.37. The van der Waals surface area contributed by atoms with Crippen LogP contribution in [-0.4, -0.2) is 20.8 Å². The maximum Gasteiger partial charge on any atom is 0.108 e. The van der Waals surface area contributed by atoms with E-state index in [1.807, 2.05) is 6.20 Å². The minimum Gasteiger partial charge on any atom is -0.393 e. The molecule has 1 N–H and O–H groups in total. The third kappa shape index (κ3) is 2.64. The summed E-state index contributed by atoms with van der Waals surface area (Å²) in [5.74, 6) is 1.70. The zero-order chi connectivity index (χ0) is 11.4. The molecule has 1 aromatic heterocycles. The van der Waals surface area contributed by atoms with E-state index in [4.69, 9.17) is 0 Å². The Hall–Kier alpha value is -0.830. The van der Waals surface area contributed by atoms with Gasteiger partial charge in [-0.2, -0.15) is 0 Å². The first-order chi connectivity index (χ1) is 7.81. The summed E-state index contributed by atoms with van der Waals surface area (Å²) < 4.78 is 2.24. The maximum atomic E-state index is 9.77. The third-order valence-electron chi connectivity index (χ3n) is 3.64. The largest absolute Gasteiger partial charge is 0.393 e. The fourth-order valence-corrected chi connectivity index (χ4v) is 2.65. The minimum absolute atomic E-state index is 0.0573. The second-order valence-corrected chi connectivity index (χ2v) is 4.83. The number of imidazole rings is 1. The van der Waals surface area contributed by atoms with Crippen LogP contribution in [-0.2, 0) is 13.0 Å². The van der Waals surface area contributed by atoms with Crippen molar-refractivity contribution in [2.75, 3.05) is 0 Å². The van der Waals surface area contributed by atoms with Gasteiger partial charge in [-0.1, -0.05) is 13.3 Å². The zero-order valence-electron chi connectivity index (χ0n) is 10.1. The van der Waals surface area contributed by atoms with E-state index < -0.39 is 0 Å². The molecule has 1 heterocycles. The maximum absolute atomic E-state index is 9.77. The van der Waals surface area contributed by atoms with Crippen LogP contribution in [0, 0.1) is 5.92 Å². The highest BCUT2D eigenvalue weighted by molar-refractivity contribution is 4.92. The van der Waals surface area contributed by atoms with Gasteiger partial charge in [-0.05, 0) is 31.6 Å². The second-order valence-electron chi connectivity index (χ2n) is 4.83. The zero-order valence-corrected chi connectivity index (χ0v) is 10.1. The van der Waals surface area contributed by atoms with E-state index in [0.717, 1.165) is 32.2 Å². The lowest BCUT2D eigenvalue weighted by molar-refractivity contribution is 0.125. The Morgan fingerprint density at radius 1 is 1.50 bits per heavy atom. The molecule has 0 saturated heterocycles. The molecule has 0 aliphatic heterocycles. The number of rotatable bonds is 5. The van der Waals surface area contributed by atoms with Crippen molar-refractivity contribution in [1.29, 1.82) is 0 Å². The lowest BCUT2D eigenvalue weighted by Gasteiger charge is -2.15. The number of hydrogen-bond acceptors (Lipinski definition) is 2. The highest BCUT2D eigenvalue weighted by Crippen LogP contribution is 2.28. The molecule has 16 heavy (non-hydrogen) atoms. The summed E-state index contributed by atoms with van der Waals surface area (Å²) >= 11 is 0. The topological polar surface area (TPSA) is 38.0 Å². The molecule has 0 radical (unpaired) electrons. The van der Waals surface area contributed by atoms with Gasteiger partial charge in [-0.15, -0.1) is 0 Å². The monoisotopic (exact) mass is 222 g/mol. The molecule has 1 aliphatic carbocycles. The summed E-state index contributed by atoms with van der Waals surface area (Å²) in [6.07, 6.45) is 10.6. The molecule has 1 saturated carbocycles. The highest BCUT2D eigenvalue weighted by Gasteiger charge is 2.24. The van der Waals surface area contributed by atoms with E-state index >= 15 is 0 Å². The van der Waals surface area contributed by atoms with Crippen molar-refractivity contribution in [3.63, 3.8) is 0 Å². The van der Waals surface area contributed by atoms with Gasteiger partial charge < -0.3 is 9.67 Å². The molecule has 1 fully saturated rings. The Labute approximate surface area is 97.5 Å². The van der Waals surface area contributed by atoms with E-state index in [1.54, 1.807) is 0 Å². The van der Waals surface area contributed by atoms with Gasteiger partial charge in [0.2, 0.25) is 0 Å². The van der Waals surface area contributed by atoms with Crippen LogP contribution >= 0.6 is 0 Å². The van der Waals surface area contributed by atoms with Crippen molar-refractivity contribution in [3.8, 4) is 0 Å². The Morgan fingerprint density at radius 2 is 2.38 bits per heavy atom. The molecule has 0 spiro atoms. The fraction of sp³-hybridized carbons (Fsp3) is 0.769. The van der Waals surface area contributed by atoms with Crippen LogP contribution in [0.25, 0.3) is 0 Å². The Bertz CT molecular complexity index is 321. The Kier molecular flexibility index (Phi) is 3.99. The average Bonchev–Trinajstić information content (AvgIpc) is 2.86. The molecule has 3 heteroatoms. The minimum atomic E-state index is -0.0573. The lowest BCUT2D eigenvalue weighted by Crippen LogP contribution is -2.16. The van der Waals surface area contributed by atoms with E-state index in [-0.39, 0.29) is 6.10 Å². The van der Waals surface area contributed by atoms with Gasteiger partial charge in [0.05, 0.1) is 6.10 Å². The quantitative estimate of drug-likeness (QED) is 0.830. The van der Waals surface area contributed by atoms with Crippen molar-refractivity contribution in [2.45, 2.75) is 58.1 Å². The molecule has 0 amide bonds. The highest BCUT2D eigenvalue weighted by atomic mass is 16.3.